The van der Waals surface area contributed by atoms with E-state index in [1.807, 2.05) is 0 Å². The van der Waals surface area contributed by atoms with Crippen LogP contribution in [0.15, 0.2) is 18.2 Å². The predicted molar refractivity (Wildman–Crippen MR) is 76.3 cm³/mol. The normalized spacial score (nSPS) is 11.5. The van der Waals surface area contributed by atoms with Crippen LogP contribution in [0.3, 0.4) is 0 Å². The number of amides is 2. The third-order valence-electron chi connectivity index (χ3n) is 2.31. The highest BCUT2D eigenvalue weighted by molar-refractivity contribution is 7.14. The van der Waals surface area contributed by atoms with Gasteiger partial charge in [-0.1, -0.05) is 0 Å². The number of carboxylic acids is 1. The quantitative estimate of drug-likeness (QED) is 0.686. The predicted octanol–water partition coefficient (Wildman–Crippen LogP) is 1.23. The molecule has 0 saturated carbocycles. The minimum Gasteiger partial charge on any atom is -0.478 e. The molecule has 0 spiro atoms. The van der Waals surface area contributed by atoms with Crippen molar-refractivity contribution in [2.24, 2.45) is 5.73 Å². The molecule has 0 aliphatic rings. The van der Waals surface area contributed by atoms with Gasteiger partial charge >= 0.3 is 5.97 Å². The van der Waals surface area contributed by atoms with Crippen LogP contribution in [0.25, 0.3) is 6.08 Å². The first-order valence-corrected chi connectivity index (χ1v) is 6.63. The molecule has 1 aromatic heterocycles. The molecule has 1 rings (SSSR count). The van der Waals surface area contributed by atoms with E-state index in [2.05, 4.69) is 5.32 Å². The van der Waals surface area contributed by atoms with Gasteiger partial charge in [-0.25, -0.2) is 4.79 Å². The van der Waals surface area contributed by atoms with E-state index in [-0.39, 0.29) is 12.3 Å². The summed E-state index contributed by atoms with van der Waals surface area (Å²) >= 11 is 1.16. The standard InChI is InChI=1S/C13H16N2O4S/c1-13(2,7-10(14)16)15-12(19)9-5-3-8(20-9)4-6-11(17)18/h3-6H,7H2,1-2H3,(H2,14,16)(H,15,19)(H,17,18)/b6-4+. The molecule has 0 atom stereocenters. The van der Waals surface area contributed by atoms with E-state index in [9.17, 15) is 14.4 Å². The summed E-state index contributed by atoms with van der Waals surface area (Å²) in [5.41, 5.74) is 4.38. The van der Waals surface area contributed by atoms with Gasteiger partial charge in [0, 0.05) is 22.9 Å². The van der Waals surface area contributed by atoms with Crippen LogP contribution in [0.4, 0.5) is 0 Å². The Labute approximate surface area is 120 Å². The molecule has 0 radical (unpaired) electrons. The zero-order valence-electron chi connectivity index (χ0n) is 11.2. The number of hydrogen-bond acceptors (Lipinski definition) is 4. The lowest BCUT2D eigenvalue weighted by Gasteiger charge is -2.24. The zero-order valence-corrected chi connectivity index (χ0v) is 12.0. The van der Waals surface area contributed by atoms with Gasteiger partial charge in [0.1, 0.15) is 0 Å². The van der Waals surface area contributed by atoms with Crippen molar-refractivity contribution in [2.45, 2.75) is 25.8 Å². The molecular weight excluding hydrogens is 280 g/mol. The Hall–Kier alpha value is -2.15. The van der Waals surface area contributed by atoms with E-state index in [0.717, 1.165) is 17.4 Å². The number of carbonyl (C=O) groups excluding carboxylic acids is 2. The van der Waals surface area contributed by atoms with Gasteiger partial charge in [-0.15, -0.1) is 11.3 Å². The minimum absolute atomic E-state index is 0.0376. The lowest BCUT2D eigenvalue weighted by molar-refractivity contribution is -0.131. The first-order chi connectivity index (χ1) is 9.19. The van der Waals surface area contributed by atoms with Crippen LogP contribution in [-0.2, 0) is 9.59 Å². The van der Waals surface area contributed by atoms with Crippen molar-refractivity contribution in [3.05, 3.63) is 28.0 Å². The largest absolute Gasteiger partial charge is 0.478 e. The molecule has 2 amide bonds. The Bertz CT molecular complexity index is 560. The van der Waals surface area contributed by atoms with Crippen molar-refractivity contribution < 1.29 is 19.5 Å². The van der Waals surface area contributed by atoms with Crippen molar-refractivity contribution in [3.8, 4) is 0 Å². The van der Waals surface area contributed by atoms with Gasteiger partial charge < -0.3 is 16.2 Å². The van der Waals surface area contributed by atoms with E-state index in [0.29, 0.717) is 9.75 Å². The Balaban J connectivity index is 2.73. The second-order valence-electron chi connectivity index (χ2n) is 4.85. The SMILES string of the molecule is CC(C)(CC(N)=O)NC(=O)c1ccc(/C=C/C(=O)O)s1. The Kier molecular flexibility index (Phi) is 5.04. The second kappa shape index (κ2) is 6.33. The topological polar surface area (TPSA) is 109 Å². The molecule has 0 bridgehead atoms. The molecule has 0 unspecified atom stereocenters. The third kappa shape index (κ3) is 5.23. The summed E-state index contributed by atoms with van der Waals surface area (Å²) in [4.78, 5) is 34.4. The van der Waals surface area contributed by atoms with Crippen molar-refractivity contribution in [1.29, 1.82) is 0 Å². The lowest BCUT2D eigenvalue weighted by Crippen LogP contribution is -2.45. The number of nitrogens with one attached hydrogen (secondary N) is 1. The second-order valence-corrected chi connectivity index (χ2v) is 5.97. The Morgan fingerprint density at radius 2 is 2.05 bits per heavy atom. The monoisotopic (exact) mass is 296 g/mol. The van der Waals surface area contributed by atoms with Crippen LogP contribution < -0.4 is 11.1 Å². The molecule has 0 aliphatic heterocycles. The Morgan fingerprint density at radius 1 is 1.40 bits per heavy atom. The molecule has 0 fully saturated rings. The average molecular weight is 296 g/mol. The van der Waals surface area contributed by atoms with Gasteiger partial charge in [0.15, 0.2) is 0 Å². The van der Waals surface area contributed by atoms with Crippen LogP contribution >= 0.6 is 11.3 Å². The Morgan fingerprint density at radius 3 is 2.60 bits per heavy atom. The first kappa shape index (κ1) is 15.9. The highest BCUT2D eigenvalue weighted by Gasteiger charge is 2.24. The van der Waals surface area contributed by atoms with E-state index in [1.165, 1.54) is 6.08 Å². The summed E-state index contributed by atoms with van der Waals surface area (Å²) in [7, 11) is 0. The molecule has 1 aromatic rings. The maximum atomic E-state index is 12.0. The summed E-state index contributed by atoms with van der Waals surface area (Å²) in [6, 6.07) is 3.25. The summed E-state index contributed by atoms with van der Waals surface area (Å²) in [5, 5.41) is 11.2. The minimum atomic E-state index is -1.05. The number of primary amides is 1. The van der Waals surface area contributed by atoms with Crippen molar-refractivity contribution in [1.82, 2.24) is 5.32 Å². The van der Waals surface area contributed by atoms with E-state index in [1.54, 1.807) is 26.0 Å². The summed E-state index contributed by atoms with van der Waals surface area (Å²) in [6.07, 6.45) is 2.46. The van der Waals surface area contributed by atoms with Crippen molar-refractivity contribution in [2.75, 3.05) is 0 Å². The van der Waals surface area contributed by atoms with Gasteiger partial charge in [-0.2, -0.15) is 0 Å². The van der Waals surface area contributed by atoms with Gasteiger partial charge in [0.25, 0.3) is 5.91 Å². The van der Waals surface area contributed by atoms with Crippen LogP contribution in [0.1, 0.15) is 34.8 Å². The number of aliphatic carboxylic acids is 1. The fourth-order valence-electron chi connectivity index (χ4n) is 1.57. The number of carboxylic acid groups (broad SMARTS) is 1. The van der Waals surface area contributed by atoms with Crippen LogP contribution in [0.2, 0.25) is 0 Å². The maximum Gasteiger partial charge on any atom is 0.328 e. The molecule has 6 nitrogen and oxygen atoms in total. The molecule has 0 aliphatic carbocycles. The smallest absolute Gasteiger partial charge is 0.328 e. The van der Waals surface area contributed by atoms with Gasteiger partial charge in [0.2, 0.25) is 5.91 Å². The van der Waals surface area contributed by atoms with Gasteiger partial charge in [-0.3, -0.25) is 9.59 Å². The van der Waals surface area contributed by atoms with Gasteiger partial charge in [-0.05, 0) is 32.1 Å². The summed E-state index contributed by atoms with van der Waals surface area (Å²) in [6.45, 7) is 3.41. The van der Waals surface area contributed by atoms with Crippen molar-refractivity contribution >= 4 is 35.2 Å². The number of hydrogen-bond donors (Lipinski definition) is 3. The molecule has 0 aromatic carbocycles. The zero-order chi connectivity index (χ0) is 15.3. The third-order valence-corrected chi connectivity index (χ3v) is 3.36. The number of carbonyl (C=O) groups is 3. The number of rotatable bonds is 6. The highest BCUT2D eigenvalue weighted by atomic mass is 32.1. The molecular formula is C13H16N2O4S. The fraction of sp³-hybridized carbons (Fsp3) is 0.308. The lowest BCUT2D eigenvalue weighted by atomic mass is 10.0. The van der Waals surface area contributed by atoms with Crippen LogP contribution in [0.5, 0.6) is 0 Å². The first-order valence-electron chi connectivity index (χ1n) is 5.81. The fourth-order valence-corrected chi connectivity index (χ4v) is 2.37. The summed E-state index contributed by atoms with van der Waals surface area (Å²) in [5.74, 6) is -1.87. The molecule has 0 saturated heterocycles. The van der Waals surface area contributed by atoms with E-state index >= 15 is 0 Å². The maximum absolute atomic E-state index is 12.0. The molecule has 108 valence electrons. The number of thiophene rings is 1. The van der Waals surface area contributed by atoms with Crippen molar-refractivity contribution in [3.63, 3.8) is 0 Å². The molecule has 7 heteroatoms. The van der Waals surface area contributed by atoms with Crippen LogP contribution in [-0.4, -0.2) is 28.4 Å². The molecule has 4 N–H and O–H groups in total. The highest BCUT2D eigenvalue weighted by Crippen LogP contribution is 2.19. The average Bonchev–Trinajstić information content (AvgIpc) is 2.72. The van der Waals surface area contributed by atoms with Gasteiger partial charge in [0.05, 0.1) is 4.88 Å². The molecule has 1 heterocycles. The molecule has 20 heavy (non-hydrogen) atoms. The van der Waals surface area contributed by atoms with E-state index < -0.39 is 17.4 Å². The number of nitrogens with two attached hydrogens (primary N) is 1. The van der Waals surface area contributed by atoms with E-state index in [4.69, 9.17) is 10.8 Å². The summed E-state index contributed by atoms with van der Waals surface area (Å²) < 4.78 is 0. The van der Waals surface area contributed by atoms with Crippen LogP contribution in [0, 0.1) is 0 Å².